The zero-order chi connectivity index (χ0) is 13.3. The maximum atomic E-state index is 11.5. The first kappa shape index (κ1) is 14.0. The largest absolute Gasteiger partial charge is 0.355 e. The number of hydrogen-bond acceptors (Lipinski definition) is 5. The first-order valence-electron chi connectivity index (χ1n) is 5.77. The van der Waals surface area contributed by atoms with Crippen molar-refractivity contribution < 1.29 is 4.79 Å². The zero-order valence-corrected chi connectivity index (χ0v) is 11.8. The molecule has 5 nitrogen and oxygen atoms in total. The lowest BCUT2D eigenvalue weighted by Gasteiger charge is -2.04. The number of hydrogen-bond donors (Lipinski definition) is 2. The van der Waals surface area contributed by atoms with Crippen molar-refractivity contribution in [2.75, 3.05) is 18.1 Å². The highest BCUT2D eigenvalue weighted by Gasteiger charge is 2.03. The zero-order valence-electron chi connectivity index (χ0n) is 10.2. The first-order valence-corrected chi connectivity index (χ1v) is 7.74. The molecule has 0 fully saturated rings. The highest BCUT2D eigenvalue weighted by atomic mass is 32.2. The third-order valence-electron chi connectivity index (χ3n) is 2.17. The van der Waals surface area contributed by atoms with Crippen LogP contribution in [0.1, 0.15) is 0 Å². The fourth-order valence-corrected chi connectivity index (χ4v) is 2.72. The van der Waals surface area contributed by atoms with Crippen molar-refractivity contribution >= 4 is 29.4 Å². The van der Waals surface area contributed by atoms with Crippen molar-refractivity contribution in [2.45, 2.75) is 10.1 Å². The number of aromatic nitrogens is 3. The van der Waals surface area contributed by atoms with E-state index in [0.717, 1.165) is 5.75 Å². The number of thioether (sulfide) groups is 2. The molecule has 1 aromatic heterocycles. The Morgan fingerprint density at radius 3 is 2.84 bits per heavy atom. The van der Waals surface area contributed by atoms with Crippen molar-refractivity contribution in [1.29, 1.82) is 0 Å². The minimum Gasteiger partial charge on any atom is -0.355 e. The summed E-state index contributed by atoms with van der Waals surface area (Å²) in [5, 5.41) is 9.95. The predicted octanol–water partition coefficient (Wildman–Crippen LogP) is 1.81. The molecule has 0 aliphatic rings. The minimum absolute atomic E-state index is 0.00932. The number of nitrogens with zero attached hydrogens (tertiary/aromatic N) is 2. The van der Waals surface area contributed by atoms with E-state index in [1.165, 1.54) is 23.0 Å². The monoisotopic (exact) mass is 294 g/mol. The van der Waals surface area contributed by atoms with Crippen LogP contribution in [0.4, 0.5) is 0 Å². The minimum atomic E-state index is 0.00932. The van der Waals surface area contributed by atoms with Gasteiger partial charge in [0.15, 0.2) is 5.16 Å². The molecule has 2 rings (SSSR count). The summed E-state index contributed by atoms with van der Waals surface area (Å²) in [6.07, 6.45) is 1.43. The second-order valence-corrected chi connectivity index (χ2v) is 5.72. The van der Waals surface area contributed by atoms with E-state index >= 15 is 0 Å². The van der Waals surface area contributed by atoms with E-state index < -0.39 is 0 Å². The third-order valence-corrected chi connectivity index (χ3v) is 4.06. The Bertz CT molecular complexity index is 490. The Labute approximate surface area is 120 Å². The molecule has 2 aromatic rings. The second-order valence-electron chi connectivity index (χ2n) is 3.59. The number of rotatable bonds is 7. The van der Waals surface area contributed by atoms with E-state index in [-0.39, 0.29) is 5.91 Å². The smallest absolute Gasteiger partial charge is 0.230 e. The molecule has 7 heteroatoms. The van der Waals surface area contributed by atoms with Crippen LogP contribution >= 0.6 is 23.5 Å². The average molecular weight is 294 g/mol. The summed E-state index contributed by atoms with van der Waals surface area (Å²) in [7, 11) is 0. The number of carbonyl (C=O) groups is 1. The van der Waals surface area contributed by atoms with Crippen LogP contribution < -0.4 is 5.32 Å². The van der Waals surface area contributed by atoms with Crippen molar-refractivity contribution in [1.82, 2.24) is 20.5 Å². The van der Waals surface area contributed by atoms with Gasteiger partial charge in [-0.3, -0.25) is 9.89 Å². The van der Waals surface area contributed by atoms with Gasteiger partial charge in [0.2, 0.25) is 5.91 Å². The van der Waals surface area contributed by atoms with Crippen molar-refractivity contribution in [3.8, 4) is 0 Å². The van der Waals surface area contributed by atoms with Crippen LogP contribution in [-0.2, 0) is 4.79 Å². The van der Waals surface area contributed by atoms with Gasteiger partial charge in [-0.1, -0.05) is 30.0 Å². The SMILES string of the molecule is O=C(CSc1ncn[nH]1)NCCSc1ccccc1. The molecule has 0 unspecified atom stereocenters. The number of aromatic amines is 1. The van der Waals surface area contributed by atoms with Crippen LogP contribution in [0.15, 0.2) is 46.7 Å². The van der Waals surface area contributed by atoms with E-state index in [1.54, 1.807) is 11.8 Å². The van der Waals surface area contributed by atoms with Gasteiger partial charge >= 0.3 is 0 Å². The highest BCUT2D eigenvalue weighted by Crippen LogP contribution is 2.15. The molecular formula is C12H14N4OS2. The molecule has 0 atom stereocenters. The average Bonchev–Trinajstić information content (AvgIpc) is 2.96. The lowest BCUT2D eigenvalue weighted by molar-refractivity contribution is -0.118. The number of carbonyl (C=O) groups excluding carboxylic acids is 1. The Balaban J connectivity index is 1.57. The van der Waals surface area contributed by atoms with Gasteiger partial charge in [-0.2, -0.15) is 5.10 Å². The molecule has 0 aliphatic heterocycles. The molecule has 19 heavy (non-hydrogen) atoms. The van der Waals surface area contributed by atoms with Crippen LogP contribution in [0.3, 0.4) is 0 Å². The molecule has 1 amide bonds. The summed E-state index contributed by atoms with van der Waals surface area (Å²) < 4.78 is 0. The molecule has 0 bridgehead atoms. The summed E-state index contributed by atoms with van der Waals surface area (Å²) in [5.74, 6) is 1.23. The van der Waals surface area contributed by atoms with Crippen LogP contribution in [0.5, 0.6) is 0 Å². The van der Waals surface area contributed by atoms with Gasteiger partial charge < -0.3 is 5.32 Å². The number of amides is 1. The maximum Gasteiger partial charge on any atom is 0.230 e. The standard InChI is InChI=1S/C12H14N4OS2/c17-11(8-19-12-14-9-15-16-12)13-6-7-18-10-4-2-1-3-5-10/h1-5,9H,6-8H2,(H,13,17)(H,14,15,16). The van der Waals surface area contributed by atoms with E-state index in [0.29, 0.717) is 17.5 Å². The highest BCUT2D eigenvalue weighted by molar-refractivity contribution is 7.99. The lowest BCUT2D eigenvalue weighted by atomic mass is 10.4. The van der Waals surface area contributed by atoms with E-state index in [9.17, 15) is 4.79 Å². The van der Waals surface area contributed by atoms with Crippen molar-refractivity contribution in [3.63, 3.8) is 0 Å². The van der Waals surface area contributed by atoms with Crippen LogP contribution in [0, 0.1) is 0 Å². The number of benzene rings is 1. The summed E-state index contributed by atoms with van der Waals surface area (Å²) in [6, 6.07) is 10.1. The van der Waals surface area contributed by atoms with E-state index in [2.05, 4.69) is 32.6 Å². The Morgan fingerprint density at radius 1 is 1.26 bits per heavy atom. The quantitative estimate of drug-likeness (QED) is 0.602. The fraction of sp³-hybridized carbons (Fsp3) is 0.250. The molecule has 1 aromatic carbocycles. The molecule has 0 radical (unpaired) electrons. The van der Waals surface area contributed by atoms with Crippen LogP contribution in [0.2, 0.25) is 0 Å². The van der Waals surface area contributed by atoms with Gasteiger partial charge in [-0.15, -0.1) is 11.8 Å². The second kappa shape index (κ2) is 7.85. The van der Waals surface area contributed by atoms with Crippen molar-refractivity contribution in [3.05, 3.63) is 36.7 Å². The number of nitrogens with one attached hydrogen (secondary N) is 2. The summed E-state index contributed by atoms with van der Waals surface area (Å²) >= 11 is 3.07. The summed E-state index contributed by atoms with van der Waals surface area (Å²) in [4.78, 5) is 16.7. The van der Waals surface area contributed by atoms with Crippen LogP contribution in [-0.4, -0.2) is 39.1 Å². The summed E-state index contributed by atoms with van der Waals surface area (Å²) in [6.45, 7) is 0.662. The van der Waals surface area contributed by atoms with Crippen LogP contribution in [0.25, 0.3) is 0 Å². The number of H-pyrrole nitrogens is 1. The predicted molar refractivity (Wildman–Crippen MR) is 77.3 cm³/mol. The normalized spacial score (nSPS) is 10.3. The van der Waals surface area contributed by atoms with E-state index in [4.69, 9.17) is 0 Å². The lowest BCUT2D eigenvalue weighted by Crippen LogP contribution is -2.27. The van der Waals surface area contributed by atoms with Gasteiger partial charge in [0.05, 0.1) is 5.75 Å². The molecule has 0 spiro atoms. The van der Waals surface area contributed by atoms with Gasteiger partial charge in [0.1, 0.15) is 6.33 Å². The molecular weight excluding hydrogens is 280 g/mol. The van der Waals surface area contributed by atoms with Crippen molar-refractivity contribution in [2.24, 2.45) is 0 Å². The molecule has 0 saturated carbocycles. The Hall–Kier alpha value is -1.47. The first-order chi connectivity index (χ1) is 9.34. The Morgan fingerprint density at radius 2 is 2.11 bits per heavy atom. The molecule has 0 saturated heterocycles. The molecule has 2 N–H and O–H groups in total. The Kier molecular flexibility index (Phi) is 5.77. The van der Waals surface area contributed by atoms with Gasteiger partial charge in [0.25, 0.3) is 0 Å². The molecule has 100 valence electrons. The maximum absolute atomic E-state index is 11.5. The molecule has 1 heterocycles. The third kappa shape index (κ3) is 5.35. The van der Waals surface area contributed by atoms with E-state index in [1.807, 2.05) is 18.2 Å². The topological polar surface area (TPSA) is 70.7 Å². The fourth-order valence-electron chi connectivity index (χ4n) is 1.32. The molecule has 0 aliphatic carbocycles. The van der Waals surface area contributed by atoms with Gasteiger partial charge in [-0.05, 0) is 12.1 Å². The van der Waals surface area contributed by atoms with Gasteiger partial charge in [0, 0.05) is 17.2 Å². The summed E-state index contributed by atoms with van der Waals surface area (Å²) in [5.41, 5.74) is 0. The van der Waals surface area contributed by atoms with Gasteiger partial charge in [-0.25, -0.2) is 4.98 Å².